The third-order valence-electron chi connectivity index (χ3n) is 3.34. The lowest BCUT2D eigenvalue weighted by Crippen LogP contribution is -2.23. The summed E-state index contributed by atoms with van der Waals surface area (Å²) >= 11 is 3.52. The molecule has 18 heavy (non-hydrogen) atoms. The van der Waals surface area contributed by atoms with Crippen LogP contribution in [0.3, 0.4) is 0 Å². The van der Waals surface area contributed by atoms with Gasteiger partial charge in [-0.25, -0.2) is 0 Å². The monoisotopic (exact) mass is 311 g/mol. The zero-order chi connectivity index (χ0) is 12.8. The zero-order valence-electron chi connectivity index (χ0n) is 11.0. The minimum atomic E-state index is 0.168. The maximum absolute atomic E-state index is 6.05. The predicted molar refractivity (Wildman–Crippen MR) is 78.7 cm³/mol. The molecule has 1 aliphatic carbocycles. The number of likely N-dealkylation sites (N-methyl/N-ethyl adjacent to an activating group) is 1. The van der Waals surface area contributed by atoms with E-state index in [2.05, 4.69) is 52.4 Å². The Morgan fingerprint density at radius 3 is 2.94 bits per heavy atom. The molecule has 1 aliphatic rings. The molecule has 100 valence electrons. The average molecular weight is 312 g/mol. The van der Waals surface area contributed by atoms with Gasteiger partial charge in [-0.2, -0.15) is 0 Å². The van der Waals surface area contributed by atoms with E-state index in [-0.39, 0.29) is 6.10 Å². The number of ether oxygens (including phenoxy) is 1. The molecular formula is C15H22BrNO. The molecule has 1 aromatic carbocycles. The summed E-state index contributed by atoms with van der Waals surface area (Å²) in [6.07, 6.45) is 4.19. The highest BCUT2D eigenvalue weighted by molar-refractivity contribution is 9.10. The number of benzene rings is 1. The third kappa shape index (κ3) is 4.71. The van der Waals surface area contributed by atoms with E-state index in [1.165, 1.54) is 24.8 Å². The Balaban J connectivity index is 1.89. The van der Waals surface area contributed by atoms with Gasteiger partial charge in [-0.3, -0.25) is 0 Å². The maximum Gasteiger partial charge on any atom is 0.0949 e. The molecule has 0 heterocycles. The van der Waals surface area contributed by atoms with Crippen LogP contribution < -0.4 is 5.32 Å². The van der Waals surface area contributed by atoms with Gasteiger partial charge in [0.25, 0.3) is 0 Å². The van der Waals surface area contributed by atoms with Gasteiger partial charge in [0.2, 0.25) is 0 Å². The van der Waals surface area contributed by atoms with Gasteiger partial charge in [0.05, 0.1) is 6.10 Å². The molecule has 0 aromatic heterocycles. The van der Waals surface area contributed by atoms with Crippen LogP contribution in [0.5, 0.6) is 0 Å². The highest BCUT2D eigenvalue weighted by Gasteiger charge is 2.21. The quantitative estimate of drug-likeness (QED) is 0.785. The van der Waals surface area contributed by atoms with E-state index in [9.17, 15) is 0 Å². The van der Waals surface area contributed by atoms with E-state index in [0.29, 0.717) is 0 Å². The van der Waals surface area contributed by atoms with Gasteiger partial charge in [-0.1, -0.05) is 47.8 Å². The second kappa shape index (κ2) is 7.27. The molecule has 1 unspecified atom stereocenters. The van der Waals surface area contributed by atoms with Crippen LogP contribution >= 0.6 is 15.9 Å². The second-order valence-corrected chi connectivity index (χ2v) is 5.87. The molecule has 3 heteroatoms. The molecule has 1 N–H and O–H groups in total. The lowest BCUT2D eigenvalue weighted by molar-refractivity contribution is 0.0489. The summed E-state index contributed by atoms with van der Waals surface area (Å²) in [5.41, 5.74) is 1.25. The number of hydrogen-bond acceptors (Lipinski definition) is 2. The first-order chi connectivity index (χ1) is 8.79. The minimum Gasteiger partial charge on any atom is -0.372 e. The van der Waals surface area contributed by atoms with E-state index >= 15 is 0 Å². The summed E-state index contributed by atoms with van der Waals surface area (Å²) in [7, 11) is 0. The lowest BCUT2D eigenvalue weighted by Gasteiger charge is -2.19. The molecular weight excluding hydrogens is 290 g/mol. The Morgan fingerprint density at radius 2 is 2.28 bits per heavy atom. The normalized spacial score (nSPS) is 16.8. The molecule has 1 aromatic rings. The molecule has 0 amide bonds. The van der Waals surface area contributed by atoms with Crippen LogP contribution in [0.15, 0.2) is 28.7 Å². The SMILES string of the molecule is CCNCC(OCCC1CC1)c1cccc(Br)c1. The topological polar surface area (TPSA) is 21.3 Å². The standard InChI is InChI=1S/C15H22BrNO/c1-2-17-11-15(18-9-8-12-6-7-12)13-4-3-5-14(16)10-13/h3-5,10,12,15,17H,2,6-9,11H2,1H3. The van der Waals surface area contributed by atoms with Gasteiger partial charge < -0.3 is 10.1 Å². The van der Waals surface area contributed by atoms with Gasteiger partial charge >= 0.3 is 0 Å². The van der Waals surface area contributed by atoms with Crippen molar-refractivity contribution >= 4 is 15.9 Å². The van der Waals surface area contributed by atoms with Crippen LogP contribution in [0.2, 0.25) is 0 Å². The largest absolute Gasteiger partial charge is 0.372 e. The van der Waals surface area contributed by atoms with Crippen LogP contribution in [0.4, 0.5) is 0 Å². The van der Waals surface area contributed by atoms with E-state index < -0.39 is 0 Å². The molecule has 0 bridgehead atoms. The molecule has 0 aliphatic heterocycles. The van der Waals surface area contributed by atoms with Gasteiger partial charge in [-0.05, 0) is 36.6 Å². The molecule has 1 atom stereocenters. The first-order valence-corrected chi connectivity index (χ1v) is 7.66. The fourth-order valence-corrected chi connectivity index (χ4v) is 2.46. The lowest BCUT2D eigenvalue weighted by atomic mass is 10.1. The van der Waals surface area contributed by atoms with Crippen molar-refractivity contribution in [1.82, 2.24) is 5.32 Å². The van der Waals surface area contributed by atoms with Crippen LogP contribution in [0.25, 0.3) is 0 Å². The van der Waals surface area contributed by atoms with Gasteiger partial charge in [0.1, 0.15) is 0 Å². The third-order valence-corrected chi connectivity index (χ3v) is 3.84. The van der Waals surface area contributed by atoms with E-state index in [0.717, 1.165) is 30.1 Å². The summed E-state index contributed by atoms with van der Waals surface area (Å²) in [6.45, 7) is 4.88. The highest BCUT2D eigenvalue weighted by atomic mass is 79.9. The van der Waals surface area contributed by atoms with Crippen LogP contribution in [0.1, 0.15) is 37.9 Å². The van der Waals surface area contributed by atoms with Crippen molar-refractivity contribution in [1.29, 1.82) is 0 Å². The number of nitrogens with one attached hydrogen (secondary N) is 1. The Labute approximate surface area is 118 Å². The van der Waals surface area contributed by atoms with Crippen molar-refractivity contribution in [3.05, 3.63) is 34.3 Å². The van der Waals surface area contributed by atoms with Crippen molar-refractivity contribution in [2.24, 2.45) is 5.92 Å². The van der Waals surface area contributed by atoms with Crippen molar-refractivity contribution in [2.75, 3.05) is 19.7 Å². The molecule has 0 radical (unpaired) electrons. The summed E-state index contributed by atoms with van der Waals surface area (Å²) in [6, 6.07) is 8.42. The summed E-state index contributed by atoms with van der Waals surface area (Å²) in [4.78, 5) is 0. The predicted octanol–water partition coefficient (Wildman–Crippen LogP) is 3.92. The Kier molecular flexibility index (Phi) is 5.67. The Morgan fingerprint density at radius 1 is 1.44 bits per heavy atom. The van der Waals surface area contributed by atoms with Gasteiger partial charge in [0.15, 0.2) is 0 Å². The maximum atomic E-state index is 6.05. The molecule has 1 fully saturated rings. The first kappa shape index (κ1) is 14.0. The Bertz CT molecular complexity index is 365. The molecule has 0 spiro atoms. The van der Waals surface area contributed by atoms with Crippen LogP contribution in [0, 0.1) is 5.92 Å². The van der Waals surface area contributed by atoms with Crippen LogP contribution in [-0.4, -0.2) is 19.7 Å². The van der Waals surface area contributed by atoms with Crippen molar-refractivity contribution < 1.29 is 4.74 Å². The van der Waals surface area contributed by atoms with Crippen molar-refractivity contribution in [3.8, 4) is 0 Å². The number of hydrogen-bond donors (Lipinski definition) is 1. The van der Waals surface area contributed by atoms with Gasteiger partial charge in [-0.15, -0.1) is 0 Å². The molecule has 2 rings (SSSR count). The summed E-state index contributed by atoms with van der Waals surface area (Å²) in [5.74, 6) is 0.937. The summed E-state index contributed by atoms with van der Waals surface area (Å²) < 4.78 is 7.17. The molecule has 0 saturated heterocycles. The van der Waals surface area contributed by atoms with E-state index in [4.69, 9.17) is 4.74 Å². The fourth-order valence-electron chi connectivity index (χ4n) is 2.04. The zero-order valence-corrected chi connectivity index (χ0v) is 12.6. The smallest absolute Gasteiger partial charge is 0.0949 e. The number of halogens is 1. The molecule has 2 nitrogen and oxygen atoms in total. The van der Waals surface area contributed by atoms with Crippen LogP contribution in [-0.2, 0) is 4.74 Å². The van der Waals surface area contributed by atoms with Crippen molar-refractivity contribution in [3.63, 3.8) is 0 Å². The summed E-state index contributed by atoms with van der Waals surface area (Å²) in [5, 5.41) is 3.38. The Hall–Kier alpha value is -0.380. The minimum absolute atomic E-state index is 0.168. The van der Waals surface area contributed by atoms with Gasteiger partial charge in [0, 0.05) is 17.6 Å². The highest BCUT2D eigenvalue weighted by Crippen LogP contribution is 2.32. The number of rotatable bonds is 8. The first-order valence-electron chi connectivity index (χ1n) is 6.87. The second-order valence-electron chi connectivity index (χ2n) is 4.95. The molecule has 1 saturated carbocycles. The van der Waals surface area contributed by atoms with E-state index in [1.54, 1.807) is 0 Å². The van der Waals surface area contributed by atoms with E-state index in [1.807, 2.05) is 0 Å². The average Bonchev–Trinajstić information content (AvgIpc) is 3.17. The van der Waals surface area contributed by atoms with Crippen molar-refractivity contribution in [2.45, 2.75) is 32.3 Å². The fraction of sp³-hybridized carbons (Fsp3) is 0.600.